The molecule has 0 fully saturated rings. The van der Waals surface area contributed by atoms with Crippen molar-refractivity contribution in [1.29, 1.82) is 0 Å². The third kappa shape index (κ3) is 0.947. The second kappa shape index (κ2) is 2.53. The number of hydrogen-bond donors (Lipinski definition) is 0. The predicted octanol–water partition coefficient (Wildman–Crippen LogP) is 1.51. The summed E-state index contributed by atoms with van der Waals surface area (Å²) in [6, 6.07) is 1.59. The first-order valence-electron chi connectivity index (χ1n) is 3.14. The van der Waals surface area contributed by atoms with Gasteiger partial charge in [-0.1, -0.05) is 11.3 Å². The smallest absolute Gasteiger partial charge is 0.261 e. The maximum Gasteiger partial charge on any atom is 0.261 e. The van der Waals surface area contributed by atoms with E-state index in [2.05, 4.69) is 4.98 Å². The van der Waals surface area contributed by atoms with Crippen LogP contribution in [0.25, 0.3) is 10.4 Å². The summed E-state index contributed by atoms with van der Waals surface area (Å²) < 4.78 is 4.98. The molecule has 0 amide bonds. The van der Waals surface area contributed by atoms with Gasteiger partial charge >= 0.3 is 0 Å². The van der Waals surface area contributed by atoms with Crippen LogP contribution in [-0.4, -0.2) is 17.6 Å². The van der Waals surface area contributed by atoms with E-state index < -0.39 is 0 Å². The lowest BCUT2D eigenvalue weighted by Gasteiger charge is -1.74. The van der Waals surface area contributed by atoms with Gasteiger partial charge in [0, 0.05) is 0 Å². The fourth-order valence-corrected chi connectivity index (χ4v) is 1.65. The number of oxazole rings is 1. The van der Waals surface area contributed by atoms with Crippen LogP contribution in [0.2, 0.25) is 0 Å². The lowest BCUT2D eigenvalue weighted by molar-refractivity contribution is 0.109. The molecule has 60 valence electrons. The summed E-state index contributed by atoms with van der Waals surface area (Å²) in [5.74, 6) is 0.0497. The highest BCUT2D eigenvalue weighted by molar-refractivity contribution is 7.19. The fourth-order valence-electron chi connectivity index (χ4n) is 0.878. The molecule has 0 aliphatic carbocycles. The summed E-state index contributed by atoms with van der Waals surface area (Å²) in [7, 11) is 0. The molecule has 12 heavy (non-hydrogen) atoms. The first-order chi connectivity index (χ1) is 5.83. The summed E-state index contributed by atoms with van der Waals surface area (Å²) in [6.07, 6.45) is 1.26. The quantitative estimate of drug-likeness (QED) is 0.659. The average Bonchev–Trinajstić information content (AvgIpc) is 2.59. The number of aromatic nitrogens is 1. The first kappa shape index (κ1) is 7.17. The van der Waals surface area contributed by atoms with Gasteiger partial charge in [-0.15, -0.1) is 0 Å². The van der Waals surface area contributed by atoms with Gasteiger partial charge in [-0.3, -0.25) is 9.59 Å². The number of aldehydes is 2. The fraction of sp³-hybridized carbons (Fsp3) is 0. The number of rotatable bonds is 2. The highest BCUT2D eigenvalue weighted by Crippen LogP contribution is 2.24. The summed E-state index contributed by atoms with van der Waals surface area (Å²) >= 11 is 1.18. The first-order valence-corrected chi connectivity index (χ1v) is 3.96. The standard InChI is InChI=1S/C7H3NO3S/c9-2-4-1-5-7(12-4)11-6(3-10)8-5/h1-3H. The summed E-state index contributed by atoms with van der Waals surface area (Å²) in [5, 5.41) is 0. The van der Waals surface area contributed by atoms with Crippen LogP contribution in [-0.2, 0) is 0 Å². The van der Waals surface area contributed by atoms with Gasteiger partial charge < -0.3 is 4.42 Å². The Hall–Kier alpha value is -1.49. The van der Waals surface area contributed by atoms with Crippen molar-refractivity contribution in [2.45, 2.75) is 0 Å². The minimum absolute atomic E-state index is 0.0497. The molecule has 2 heterocycles. The van der Waals surface area contributed by atoms with E-state index >= 15 is 0 Å². The minimum atomic E-state index is 0.0497. The molecule has 2 aromatic heterocycles. The second-order valence-electron chi connectivity index (χ2n) is 2.11. The molecule has 0 atom stereocenters. The highest BCUT2D eigenvalue weighted by Gasteiger charge is 2.08. The average molecular weight is 181 g/mol. The number of fused-ring (bicyclic) bond motifs is 1. The zero-order chi connectivity index (χ0) is 8.55. The number of nitrogens with zero attached hydrogens (tertiary/aromatic N) is 1. The molecule has 0 unspecified atom stereocenters. The molecular weight excluding hydrogens is 178 g/mol. The molecule has 0 aromatic carbocycles. The zero-order valence-corrected chi connectivity index (χ0v) is 6.63. The van der Waals surface area contributed by atoms with Crippen LogP contribution in [0.4, 0.5) is 0 Å². The highest BCUT2D eigenvalue weighted by atomic mass is 32.1. The molecule has 0 spiro atoms. The number of carbonyl (C=O) groups is 2. The largest absolute Gasteiger partial charge is 0.423 e. The third-order valence-corrected chi connectivity index (χ3v) is 2.27. The topological polar surface area (TPSA) is 60.2 Å². The lowest BCUT2D eigenvalue weighted by atomic mass is 10.5. The zero-order valence-electron chi connectivity index (χ0n) is 5.81. The van der Waals surface area contributed by atoms with Crippen LogP contribution in [0.3, 0.4) is 0 Å². The van der Waals surface area contributed by atoms with Crippen molar-refractivity contribution in [3.05, 3.63) is 16.8 Å². The molecule has 4 nitrogen and oxygen atoms in total. The van der Waals surface area contributed by atoms with E-state index in [1.165, 1.54) is 11.3 Å². The Labute approximate surface area is 70.8 Å². The van der Waals surface area contributed by atoms with Crippen LogP contribution in [0, 0.1) is 0 Å². The third-order valence-electron chi connectivity index (χ3n) is 1.34. The van der Waals surface area contributed by atoms with Gasteiger partial charge in [0.05, 0.1) is 4.88 Å². The van der Waals surface area contributed by atoms with E-state index in [1.54, 1.807) is 6.07 Å². The molecule has 0 saturated heterocycles. The van der Waals surface area contributed by atoms with E-state index in [4.69, 9.17) is 4.42 Å². The van der Waals surface area contributed by atoms with Gasteiger partial charge in [0.2, 0.25) is 11.2 Å². The molecule has 2 rings (SSSR count). The molecule has 0 aliphatic rings. The Morgan fingerprint density at radius 2 is 2.25 bits per heavy atom. The number of thiophene rings is 1. The van der Waals surface area contributed by atoms with Gasteiger partial charge in [-0.25, -0.2) is 4.98 Å². The Morgan fingerprint density at radius 1 is 1.42 bits per heavy atom. The van der Waals surface area contributed by atoms with Crippen LogP contribution in [0.1, 0.15) is 20.4 Å². The van der Waals surface area contributed by atoms with Gasteiger partial charge in [-0.05, 0) is 6.07 Å². The summed E-state index contributed by atoms with van der Waals surface area (Å²) in [6.45, 7) is 0. The van der Waals surface area contributed by atoms with E-state index in [1.807, 2.05) is 0 Å². The van der Waals surface area contributed by atoms with Gasteiger partial charge in [0.15, 0.2) is 6.29 Å². The number of carbonyl (C=O) groups excluding carboxylic acids is 2. The van der Waals surface area contributed by atoms with Crippen LogP contribution in [0.5, 0.6) is 0 Å². The SMILES string of the molecule is O=Cc1nc2cc(C=O)sc2o1. The minimum Gasteiger partial charge on any atom is -0.423 e. The van der Waals surface area contributed by atoms with Crippen molar-refractivity contribution in [2.24, 2.45) is 0 Å². The van der Waals surface area contributed by atoms with Crippen LogP contribution < -0.4 is 0 Å². The van der Waals surface area contributed by atoms with E-state index in [0.29, 0.717) is 21.6 Å². The molecule has 5 heteroatoms. The van der Waals surface area contributed by atoms with Crippen molar-refractivity contribution in [2.75, 3.05) is 0 Å². The van der Waals surface area contributed by atoms with Crippen molar-refractivity contribution < 1.29 is 14.0 Å². The van der Waals surface area contributed by atoms with E-state index in [0.717, 1.165) is 6.29 Å². The molecule has 2 aromatic rings. The van der Waals surface area contributed by atoms with Crippen molar-refractivity contribution in [1.82, 2.24) is 4.98 Å². The molecule has 0 N–H and O–H groups in total. The lowest BCUT2D eigenvalue weighted by Crippen LogP contribution is -1.75. The maximum absolute atomic E-state index is 10.3. The van der Waals surface area contributed by atoms with Gasteiger partial charge in [-0.2, -0.15) is 0 Å². The Kier molecular flexibility index (Phi) is 1.51. The van der Waals surface area contributed by atoms with Crippen molar-refractivity contribution in [3.63, 3.8) is 0 Å². The normalized spacial score (nSPS) is 10.3. The summed E-state index contributed by atoms with van der Waals surface area (Å²) in [5.41, 5.74) is 0.559. The molecular formula is C7H3NO3S. The van der Waals surface area contributed by atoms with Crippen LogP contribution in [0.15, 0.2) is 10.5 Å². The summed E-state index contributed by atoms with van der Waals surface area (Å²) in [4.78, 5) is 25.4. The molecule has 0 aliphatic heterocycles. The van der Waals surface area contributed by atoms with Gasteiger partial charge in [0.25, 0.3) is 5.89 Å². The monoisotopic (exact) mass is 181 g/mol. The predicted molar refractivity (Wildman–Crippen MR) is 42.7 cm³/mol. The Bertz CT molecular complexity index is 373. The van der Waals surface area contributed by atoms with E-state index in [9.17, 15) is 9.59 Å². The van der Waals surface area contributed by atoms with Crippen LogP contribution >= 0.6 is 11.3 Å². The molecule has 0 radical (unpaired) electrons. The molecule has 0 bridgehead atoms. The van der Waals surface area contributed by atoms with Gasteiger partial charge in [0.1, 0.15) is 5.52 Å². The maximum atomic E-state index is 10.3. The Balaban J connectivity index is 2.66. The Morgan fingerprint density at radius 3 is 2.83 bits per heavy atom. The molecule has 0 saturated carbocycles. The second-order valence-corrected chi connectivity index (χ2v) is 3.16. The number of hydrogen-bond acceptors (Lipinski definition) is 5. The van der Waals surface area contributed by atoms with Crippen molar-refractivity contribution in [3.8, 4) is 0 Å². The van der Waals surface area contributed by atoms with E-state index in [-0.39, 0.29) is 5.89 Å². The van der Waals surface area contributed by atoms with Crippen molar-refractivity contribution >= 4 is 34.3 Å².